The molecule has 162 valence electrons. The first kappa shape index (κ1) is 23.3. The molecule has 0 spiro atoms. The zero-order chi connectivity index (χ0) is 22.5. The normalized spacial score (nSPS) is 12.2. The minimum atomic E-state index is -1.11. The van der Waals surface area contributed by atoms with E-state index in [1.165, 1.54) is 5.56 Å². The number of aliphatic carboxylic acids is 1. The average molecular weight is 414 g/mol. The Morgan fingerprint density at radius 1 is 1.03 bits per heavy atom. The molecule has 2 rings (SSSR count). The highest BCUT2D eigenvalue weighted by molar-refractivity contribution is 5.80. The fourth-order valence-electron chi connectivity index (χ4n) is 3.06. The number of hydrogen-bond acceptors (Lipinski definition) is 4. The summed E-state index contributed by atoms with van der Waals surface area (Å²) in [7, 11) is 0. The summed E-state index contributed by atoms with van der Waals surface area (Å²) in [5, 5.41) is 12.0. The van der Waals surface area contributed by atoms with Gasteiger partial charge in [-0.1, -0.05) is 29.8 Å². The Balaban J connectivity index is 2.09. The molecule has 0 aliphatic carbocycles. The first-order chi connectivity index (χ1) is 13.9. The second kappa shape index (κ2) is 9.65. The lowest BCUT2D eigenvalue weighted by Crippen LogP contribution is -2.44. The third-order valence-corrected chi connectivity index (χ3v) is 4.59. The third kappa shape index (κ3) is 7.10. The molecular formula is C24H31NO5. The van der Waals surface area contributed by atoms with Gasteiger partial charge in [0.1, 0.15) is 24.0 Å². The van der Waals surface area contributed by atoms with Crippen molar-refractivity contribution in [3.8, 4) is 5.75 Å². The van der Waals surface area contributed by atoms with Crippen LogP contribution in [0.1, 0.15) is 48.6 Å². The van der Waals surface area contributed by atoms with Crippen molar-refractivity contribution in [3.63, 3.8) is 0 Å². The molecule has 30 heavy (non-hydrogen) atoms. The molecule has 0 aliphatic rings. The molecule has 0 fully saturated rings. The fraction of sp³-hybridized carbons (Fsp3) is 0.417. The monoisotopic (exact) mass is 413 g/mol. The van der Waals surface area contributed by atoms with Gasteiger partial charge < -0.3 is 19.9 Å². The zero-order valence-corrected chi connectivity index (χ0v) is 18.5. The van der Waals surface area contributed by atoms with E-state index in [0.717, 1.165) is 28.0 Å². The van der Waals surface area contributed by atoms with Crippen molar-refractivity contribution in [2.45, 2.75) is 66.2 Å². The van der Waals surface area contributed by atoms with Gasteiger partial charge in [0.25, 0.3) is 0 Å². The topological polar surface area (TPSA) is 84.9 Å². The van der Waals surface area contributed by atoms with Crippen molar-refractivity contribution in [2.24, 2.45) is 0 Å². The second-order valence-electron chi connectivity index (χ2n) is 8.55. The maximum Gasteiger partial charge on any atom is 0.408 e. The molecule has 0 aliphatic heterocycles. The summed E-state index contributed by atoms with van der Waals surface area (Å²) in [6, 6.07) is 10.8. The van der Waals surface area contributed by atoms with Crippen LogP contribution < -0.4 is 10.1 Å². The van der Waals surface area contributed by atoms with Crippen LogP contribution in [0.5, 0.6) is 5.75 Å². The fourth-order valence-corrected chi connectivity index (χ4v) is 3.06. The SMILES string of the molecule is Cc1ccc(COc2cc(C)c(C[C@H](NC(=O)OC(C)(C)C)C(=O)O)c(C)c2)cc1. The molecular weight excluding hydrogens is 382 g/mol. The lowest BCUT2D eigenvalue weighted by molar-refractivity contribution is -0.139. The molecule has 0 bridgehead atoms. The predicted molar refractivity (Wildman–Crippen MR) is 116 cm³/mol. The van der Waals surface area contributed by atoms with Gasteiger partial charge in [0.05, 0.1) is 0 Å². The van der Waals surface area contributed by atoms with E-state index in [1.807, 2.05) is 57.2 Å². The van der Waals surface area contributed by atoms with Crippen LogP contribution in [0.25, 0.3) is 0 Å². The number of hydrogen-bond donors (Lipinski definition) is 2. The van der Waals surface area contributed by atoms with Crippen molar-refractivity contribution in [2.75, 3.05) is 0 Å². The Morgan fingerprint density at radius 2 is 1.60 bits per heavy atom. The van der Waals surface area contributed by atoms with Gasteiger partial charge in [0.15, 0.2) is 0 Å². The third-order valence-electron chi connectivity index (χ3n) is 4.59. The minimum absolute atomic E-state index is 0.157. The Labute approximate surface area is 178 Å². The predicted octanol–water partition coefficient (Wildman–Crippen LogP) is 4.71. The summed E-state index contributed by atoms with van der Waals surface area (Å²) in [5.41, 5.74) is 4.25. The van der Waals surface area contributed by atoms with Crippen LogP contribution in [0.4, 0.5) is 4.79 Å². The number of carbonyl (C=O) groups is 2. The van der Waals surface area contributed by atoms with Crippen LogP contribution in [0.3, 0.4) is 0 Å². The smallest absolute Gasteiger partial charge is 0.408 e. The molecule has 2 aromatic rings. The number of ether oxygens (including phenoxy) is 2. The van der Waals surface area contributed by atoms with Gasteiger partial charge in [-0.3, -0.25) is 0 Å². The molecule has 0 saturated heterocycles. The Bertz CT molecular complexity index is 874. The van der Waals surface area contributed by atoms with E-state index in [1.54, 1.807) is 20.8 Å². The van der Waals surface area contributed by atoms with Gasteiger partial charge >= 0.3 is 12.1 Å². The van der Waals surface area contributed by atoms with Gasteiger partial charge in [0.2, 0.25) is 0 Å². The molecule has 0 unspecified atom stereocenters. The molecule has 2 aromatic carbocycles. The largest absolute Gasteiger partial charge is 0.489 e. The van der Waals surface area contributed by atoms with Crippen LogP contribution in [-0.4, -0.2) is 28.8 Å². The highest BCUT2D eigenvalue weighted by atomic mass is 16.6. The van der Waals surface area contributed by atoms with Gasteiger partial charge in [-0.2, -0.15) is 0 Å². The summed E-state index contributed by atoms with van der Waals surface area (Å²) in [5.74, 6) is -0.388. The van der Waals surface area contributed by atoms with E-state index in [4.69, 9.17) is 9.47 Å². The first-order valence-corrected chi connectivity index (χ1v) is 9.95. The maximum atomic E-state index is 12.0. The second-order valence-corrected chi connectivity index (χ2v) is 8.55. The standard InChI is InChI=1S/C24H31NO5/c1-15-7-9-18(10-8-15)14-29-19-11-16(2)20(17(3)12-19)13-21(22(26)27)25-23(28)30-24(4,5)6/h7-12,21H,13-14H2,1-6H3,(H,25,28)(H,26,27)/t21-/m0/s1. The number of benzene rings is 2. The van der Waals surface area contributed by atoms with E-state index in [0.29, 0.717) is 6.61 Å². The summed E-state index contributed by atoms with van der Waals surface area (Å²) in [6.07, 6.45) is -0.590. The average Bonchev–Trinajstić information content (AvgIpc) is 2.61. The van der Waals surface area contributed by atoms with Crippen molar-refractivity contribution in [1.82, 2.24) is 5.32 Å². The number of aryl methyl sites for hydroxylation is 3. The summed E-state index contributed by atoms with van der Waals surface area (Å²) in [4.78, 5) is 23.7. The number of rotatable bonds is 7. The van der Waals surface area contributed by atoms with Gasteiger partial charge in [0, 0.05) is 6.42 Å². The van der Waals surface area contributed by atoms with Crippen molar-refractivity contribution in [1.29, 1.82) is 0 Å². The van der Waals surface area contributed by atoms with Crippen molar-refractivity contribution in [3.05, 3.63) is 64.2 Å². The molecule has 6 nitrogen and oxygen atoms in total. The van der Waals surface area contributed by atoms with E-state index in [-0.39, 0.29) is 6.42 Å². The van der Waals surface area contributed by atoms with E-state index >= 15 is 0 Å². The number of carbonyl (C=O) groups excluding carboxylic acids is 1. The lowest BCUT2D eigenvalue weighted by atomic mass is 9.96. The van der Waals surface area contributed by atoms with Crippen LogP contribution in [0.15, 0.2) is 36.4 Å². The molecule has 1 amide bonds. The highest BCUT2D eigenvalue weighted by Gasteiger charge is 2.25. The minimum Gasteiger partial charge on any atom is -0.489 e. The molecule has 6 heteroatoms. The van der Waals surface area contributed by atoms with Gasteiger partial charge in [-0.15, -0.1) is 0 Å². The van der Waals surface area contributed by atoms with Crippen LogP contribution in [-0.2, 0) is 22.6 Å². The van der Waals surface area contributed by atoms with Gasteiger partial charge in [-0.25, -0.2) is 9.59 Å². The first-order valence-electron chi connectivity index (χ1n) is 9.95. The molecule has 2 N–H and O–H groups in total. The maximum absolute atomic E-state index is 12.0. The van der Waals surface area contributed by atoms with Gasteiger partial charge in [-0.05, 0) is 75.9 Å². The molecule has 1 atom stereocenters. The number of nitrogens with one attached hydrogen (secondary N) is 1. The Kier molecular flexibility index (Phi) is 7.48. The number of carboxylic acid groups (broad SMARTS) is 1. The van der Waals surface area contributed by atoms with Crippen LogP contribution in [0, 0.1) is 20.8 Å². The summed E-state index contributed by atoms with van der Waals surface area (Å²) < 4.78 is 11.1. The molecule has 0 heterocycles. The number of amides is 1. The Hall–Kier alpha value is -3.02. The Morgan fingerprint density at radius 3 is 2.10 bits per heavy atom. The van der Waals surface area contributed by atoms with E-state index in [2.05, 4.69) is 5.32 Å². The summed E-state index contributed by atoms with van der Waals surface area (Å²) >= 11 is 0. The molecule has 0 radical (unpaired) electrons. The lowest BCUT2D eigenvalue weighted by Gasteiger charge is -2.23. The zero-order valence-electron chi connectivity index (χ0n) is 18.5. The molecule has 0 saturated carbocycles. The van der Waals surface area contributed by atoms with Crippen LogP contribution in [0.2, 0.25) is 0 Å². The van der Waals surface area contributed by atoms with Crippen LogP contribution >= 0.6 is 0 Å². The number of carboxylic acids is 1. The van der Waals surface area contributed by atoms with E-state index in [9.17, 15) is 14.7 Å². The quantitative estimate of drug-likeness (QED) is 0.687. The van der Waals surface area contributed by atoms with Crippen molar-refractivity contribution >= 4 is 12.1 Å². The summed E-state index contributed by atoms with van der Waals surface area (Å²) in [6.45, 7) is 11.5. The van der Waals surface area contributed by atoms with E-state index < -0.39 is 23.7 Å². The number of alkyl carbamates (subject to hydrolysis) is 1. The highest BCUT2D eigenvalue weighted by Crippen LogP contribution is 2.24. The van der Waals surface area contributed by atoms with Crippen molar-refractivity contribution < 1.29 is 24.2 Å². The molecule has 0 aromatic heterocycles.